The third kappa shape index (κ3) is 7.37. The number of hydrogen-bond acceptors (Lipinski definition) is 3. The second-order valence-electron chi connectivity index (χ2n) is 16.7. The van der Waals surface area contributed by atoms with Gasteiger partial charge in [0, 0.05) is 61.1 Å². The van der Waals surface area contributed by atoms with Crippen molar-refractivity contribution in [3.63, 3.8) is 0 Å². The van der Waals surface area contributed by atoms with Crippen LogP contribution in [-0.2, 0) is 6.54 Å². The van der Waals surface area contributed by atoms with Crippen molar-refractivity contribution in [2.75, 3.05) is 4.90 Å². The first-order chi connectivity index (χ1) is 32.1. The Morgan fingerprint density at radius 1 is 0.554 bits per heavy atom. The molecule has 10 aromatic rings. The molecular formula is C60H47N5. The Morgan fingerprint density at radius 2 is 1.08 bits per heavy atom. The van der Waals surface area contributed by atoms with Gasteiger partial charge in [-0.25, -0.2) is 0 Å². The van der Waals surface area contributed by atoms with Gasteiger partial charge in [-0.1, -0.05) is 140 Å². The highest BCUT2D eigenvalue weighted by Crippen LogP contribution is 2.39. The smallest absolute Gasteiger partial charge is 0.0716 e. The Hall–Kier alpha value is -8.28. The molecule has 312 valence electrons. The molecule has 0 amide bonds. The van der Waals surface area contributed by atoms with Crippen molar-refractivity contribution >= 4 is 73.1 Å². The summed E-state index contributed by atoms with van der Waals surface area (Å²) in [6, 6.07) is 71.4. The number of anilines is 2. The van der Waals surface area contributed by atoms with Crippen LogP contribution in [0.15, 0.2) is 240 Å². The van der Waals surface area contributed by atoms with Crippen LogP contribution in [0, 0.1) is 0 Å². The van der Waals surface area contributed by atoms with E-state index >= 15 is 0 Å². The van der Waals surface area contributed by atoms with Gasteiger partial charge >= 0.3 is 0 Å². The summed E-state index contributed by atoms with van der Waals surface area (Å²) in [6.45, 7) is 6.89. The summed E-state index contributed by atoms with van der Waals surface area (Å²) in [6.07, 6.45) is 8.72. The molecule has 11 rings (SSSR count). The highest BCUT2D eigenvalue weighted by Gasteiger charge is 2.22. The molecule has 0 N–H and O–H groups in total. The van der Waals surface area contributed by atoms with Crippen LogP contribution in [0.5, 0.6) is 0 Å². The van der Waals surface area contributed by atoms with Crippen LogP contribution >= 0.6 is 0 Å². The van der Waals surface area contributed by atoms with E-state index in [4.69, 9.17) is 9.98 Å². The van der Waals surface area contributed by atoms with Gasteiger partial charge in [0.2, 0.25) is 0 Å². The average Bonchev–Trinajstić information content (AvgIpc) is 3.89. The van der Waals surface area contributed by atoms with E-state index in [1.54, 1.807) is 0 Å². The van der Waals surface area contributed by atoms with Gasteiger partial charge in [-0.2, -0.15) is 0 Å². The molecular weight excluding hydrogens is 791 g/mol. The second-order valence-corrected chi connectivity index (χ2v) is 16.7. The molecule has 2 heterocycles. The molecule has 0 unspecified atom stereocenters. The number of para-hydroxylation sites is 5. The van der Waals surface area contributed by atoms with Crippen LogP contribution < -0.4 is 4.90 Å². The van der Waals surface area contributed by atoms with Crippen molar-refractivity contribution in [2.24, 2.45) is 9.98 Å². The zero-order valence-electron chi connectivity index (χ0n) is 36.3. The molecule has 0 fully saturated rings. The van der Waals surface area contributed by atoms with Crippen molar-refractivity contribution in [3.8, 4) is 11.4 Å². The molecule has 65 heavy (non-hydrogen) atoms. The number of aliphatic imine (C=N–C) groups is 2. The molecule has 8 aromatic carbocycles. The summed E-state index contributed by atoms with van der Waals surface area (Å²) >= 11 is 0. The lowest BCUT2D eigenvalue weighted by molar-refractivity contribution is 0.923. The van der Waals surface area contributed by atoms with Crippen LogP contribution in [-0.4, -0.2) is 21.6 Å². The predicted octanol–water partition coefficient (Wildman–Crippen LogP) is 15.4. The third-order valence-corrected chi connectivity index (χ3v) is 12.7. The number of nitrogens with zero attached hydrogens (tertiary/aromatic N) is 5. The normalized spacial score (nSPS) is 13.4. The van der Waals surface area contributed by atoms with Crippen LogP contribution in [0.1, 0.15) is 36.5 Å². The van der Waals surface area contributed by atoms with Crippen LogP contribution in [0.4, 0.5) is 11.4 Å². The molecule has 1 aliphatic rings. The monoisotopic (exact) mass is 837 g/mol. The maximum Gasteiger partial charge on any atom is 0.0716 e. The van der Waals surface area contributed by atoms with Crippen LogP contribution in [0.3, 0.4) is 0 Å². The number of benzene rings is 8. The Morgan fingerprint density at radius 3 is 1.63 bits per heavy atom. The first-order valence-electron chi connectivity index (χ1n) is 22.3. The number of hydrogen-bond donors (Lipinski definition) is 0. The summed E-state index contributed by atoms with van der Waals surface area (Å²) in [4.78, 5) is 12.6. The molecule has 1 aliphatic carbocycles. The summed E-state index contributed by atoms with van der Waals surface area (Å²) in [5, 5.41) is 4.89. The molecule has 0 saturated carbocycles. The molecule has 0 bridgehead atoms. The second kappa shape index (κ2) is 17.1. The molecule has 2 aromatic heterocycles. The van der Waals surface area contributed by atoms with E-state index in [2.05, 4.69) is 240 Å². The zero-order chi connectivity index (χ0) is 43.7. The Kier molecular flexibility index (Phi) is 10.4. The van der Waals surface area contributed by atoms with E-state index in [0.717, 1.165) is 74.7 Å². The van der Waals surface area contributed by atoms with Gasteiger partial charge in [0.05, 0.1) is 40.0 Å². The maximum atomic E-state index is 5.45. The van der Waals surface area contributed by atoms with E-state index < -0.39 is 0 Å². The topological polar surface area (TPSA) is 37.8 Å². The van der Waals surface area contributed by atoms with Gasteiger partial charge in [-0.05, 0) is 117 Å². The Bertz CT molecular complexity index is 3420. The Labute approximate surface area is 379 Å². The van der Waals surface area contributed by atoms with Crippen molar-refractivity contribution in [2.45, 2.75) is 26.3 Å². The van der Waals surface area contributed by atoms with E-state index in [-0.39, 0.29) is 0 Å². The van der Waals surface area contributed by atoms with Crippen molar-refractivity contribution in [1.29, 1.82) is 0 Å². The molecule has 0 radical (unpaired) electrons. The summed E-state index contributed by atoms with van der Waals surface area (Å²) in [7, 11) is 0. The molecule has 0 aliphatic heterocycles. The predicted molar refractivity (Wildman–Crippen MR) is 275 cm³/mol. The van der Waals surface area contributed by atoms with Gasteiger partial charge in [0.15, 0.2) is 0 Å². The van der Waals surface area contributed by atoms with Crippen LogP contribution in [0.2, 0.25) is 0 Å². The zero-order valence-corrected chi connectivity index (χ0v) is 36.3. The first kappa shape index (κ1) is 39.6. The average molecular weight is 838 g/mol. The number of aromatic nitrogens is 2. The molecule has 5 nitrogen and oxygen atoms in total. The number of fused-ring (bicyclic) bond motifs is 6. The van der Waals surface area contributed by atoms with E-state index in [1.165, 1.54) is 43.8 Å². The van der Waals surface area contributed by atoms with Gasteiger partial charge < -0.3 is 14.0 Å². The molecule has 0 saturated heterocycles. The third-order valence-electron chi connectivity index (χ3n) is 12.7. The van der Waals surface area contributed by atoms with Gasteiger partial charge in [-0.15, -0.1) is 0 Å². The van der Waals surface area contributed by atoms with Gasteiger partial charge in [0.1, 0.15) is 0 Å². The van der Waals surface area contributed by atoms with E-state index in [0.29, 0.717) is 6.54 Å². The summed E-state index contributed by atoms with van der Waals surface area (Å²) < 4.78 is 4.74. The number of allylic oxidation sites excluding steroid dienone is 4. The van der Waals surface area contributed by atoms with E-state index in [1.807, 2.05) is 6.07 Å². The van der Waals surface area contributed by atoms with Crippen molar-refractivity contribution in [1.82, 2.24) is 9.13 Å². The molecule has 0 atom stereocenters. The lowest BCUT2D eigenvalue weighted by Gasteiger charge is -2.30. The maximum absolute atomic E-state index is 5.45. The van der Waals surface area contributed by atoms with Crippen molar-refractivity contribution < 1.29 is 0 Å². The minimum absolute atomic E-state index is 0.494. The van der Waals surface area contributed by atoms with Crippen molar-refractivity contribution in [3.05, 3.63) is 246 Å². The lowest BCUT2D eigenvalue weighted by Crippen LogP contribution is -2.19. The summed E-state index contributed by atoms with van der Waals surface area (Å²) in [5.74, 6) is 0. The standard InChI is InChI=1S/C60H47N5/c1-42-19-9-14-28-56(42)63(46-22-7-4-8-23-46)48-37-45(38-49(39-48)65-59-31-17-12-26-52(59)53-27-13-18-32-60(53)65)55(62-41-43-20-5-3-6-21-43)40-54(61-2)44-33-35-47(36-34-44)64-57-29-15-10-24-50(57)51-25-11-16-30-58(51)64/h3-8,10-18,20-40H,2,9,19,41H2,1H3/b54-40-,62-55?. The molecule has 5 heteroatoms. The SMILES string of the molecule is C=N/C(=C\C(=NCc1ccccc1)c1cc(N(C2=C(C)CCC=C2)c2ccccc2)cc(-n2c3ccccc3c3ccccc32)c1)c1ccc(-n2c3ccccc3c3ccccc32)cc1. The summed E-state index contributed by atoms with van der Waals surface area (Å²) in [5.41, 5.74) is 16.0. The lowest BCUT2D eigenvalue weighted by atomic mass is 10.00. The highest BCUT2D eigenvalue weighted by molar-refractivity contribution is 6.14. The highest BCUT2D eigenvalue weighted by atomic mass is 15.2. The van der Waals surface area contributed by atoms with E-state index in [9.17, 15) is 0 Å². The fourth-order valence-corrected chi connectivity index (χ4v) is 9.55. The number of rotatable bonds is 11. The largest absolute Gasteiger partial charge is 0.310 e. The van der Waals surface area contributed by atoms with Crippen LogP contribution in [0.25, 0.3) is 60.7 Å². The Balaban J connectivity index is 1.12. The minimum atomic E-state index is 0.494. The molecule has 0 spiro atoms. The first-order valence-corrected chi connectivity index (χ1v) is 22.3. The quantitative estimate of drug-likeness (QED) is 0.120. The minimum Gasteiger partial charge on any atom is -0.310 e. The fraction of sp³-hybridized carbons (Fsp3) is 0.0667. The van der Waals surface area contributed by atoms with Gasteiger partial charge in [-0.3, -0.25) is 9.98 Å². The fourth-order valence-electron chi connectivity index (χ4n) is 9.55. The van der Waals surface area contributed by atoms with Gasteiger partial charge in [0.25, 0.3) is 0 Å².